The second-order valence-electron chi connectivity index (χ2n) is 8.45. The van der Waals surface area contributed by atoms with Crippen LogP contribution >= 0.6 is 11.8 Å². The number of nitrogens with one attached hydrogen (secondary N) is 1. The number of rotatable bonds is 8. The number of para-hydroxylation sites is 1. The zero-order chi connectivity index (χ0) is 25.2. The van der Waals surface area contributed by atoms with E-state index in [1.54, 1.807) is 17.0 Å². The van der Waals surface area contributed by atoms with Crippen LogP contribution in [-0.2, 0) is 26.0 Å². The van der Waals surface area contributed by atoms with Crippen molar-refractivity contribution in [1.82, 2.24) is 10.2 Å². The molecule has 2 atom stereocenters. The Hall–Kier alpha value is -3.02. The van der Waals surface area contributed by atoms with Gasteiger partial charge in [-0.2, -0.15) is 0 Å². The standard InChI is InChI=1S/C24H27N5O4S2/c1-3-15(2)21-23(31)29-22(28-21)18-6-4-5-7-19(18)27-24(29)34-14-20(30)26-13-12-16-8-10-17(11-9-16)35(25,32)33/h4-11,15,21H,3,12-14H2,1-2H3,(H,26,30)(H2,25,32,33)/t15-,21+/m0/s1. The third kappa shape index (κ3) is 5.47. The highest BCUT2D eigenvalue weighted by atomic mass is 32.2. The van der Waals surface area contributed by atoms with Gasteiger partial charge in [0.1, 0.15) is 11.9 Å². The Labute approximate surface area is 209 Å². The number of carbonyl (C=O) groups is 2. The Morgan fingerprint density at radius 2 is 1.91 bits per heavy atom. The lowest BCUT2D eigenvalue weighted by atomic mass is 10.00. The van der Waals surface area contributed by atoms with E-state index in [2.05, 4.69) is 10.3 Å². The Kier molecular flexibility index (Phi) is 7.39. The third-order valence-electron chi connectivity index (χ3n) is 6.00. The van der Waals surface area contributed by atoms with Gasteiger partial charge in [-0.05, 0) is 42.2 Å². The van der Waals surface area contributed by atoms with Crippen molar-refractivity contribution in [2.45, 2.75) is 37.6 Å². The Morgan fingerprint density at radius 3 is 2.60 bits per heavy atom. The second kappa shape index (κ2) is 10.3. The topological polar surface area (TPSA) is 134 Å². The molecule has 2 aromatic rings. The van der Waals surface area contributed by atoms with Gasteiger partial charge in [-0.25, -0.2) is 23.4 Å². The van der Waals surface area contributed by atoms with E-state index in [-0.39, 0.29) is 28.4 Å². The lowest BCUT2D eigenvalue weighted by Gasteiger charge is -2.25. The average Bonchev–Trinajstić information content (AvgIpc) is 3.19. The largest absolute Gasteiger partial charge is 0.355 e. The van der Waals surface area contributed by atoms with Gasteiger partial charge in [-0.3, -0.25) is 14.6 Å². The van der Waals surface area contributed by atoms with Crippen molar-refractivity contribution in [1.29, 1.82) is 0 Å². The summed E-state index contributed by atoms with van der Waals surface area (Å²) in [6, 6.07) is 13.3. The van der Waals surface area contributed by atoms with Crippen molar-refractivity contribution in [2.75, 3.05) is 12.3 Å². The van der Waals surface area contributed by atoms with E-state index >= 15 is 0 Å². The Morgan fingerprint density at radius 1 is 1.20 bits per heavy atom. The number of fused-ring (bicyclic) bond motifs is 3. The smallest absolute Gasteiger partial charge is 0.259 e. The molecule has 2 aliphatic heterocycles. The van der Waals surface area contributed by atoms with Gasteiger partial charge in [-0.1, -0.05) is 56.3 Å². The minimum atomic E-state index is -3.73. The predicted molar refractivity (Wildman–Crippen MR) is 137 cm³/mol. The summed E-state index contributed by atoms with van der Waals surface area (Å²) in [6.45, 7) is 4.43. The highest BCUT2D eigenvalue weighted by molar-refractivity contribution is 8.14. The molecule has 0 unspecified atom stereocenters. The van der Waals surface area contributed by atoms with Gasteiger partial charge >= 0.3 is 0 Å². The summed E-state index contributed by atoms with van der Waals surface area (Å²) >= 11 is 1.20. The maximum absolute atomic E-state index is 13.2. The summed E-state index contributed by atoms with van der Waals surface area (Å²) in [6.07, 6.45) is 1.36. The third-order valence-corrected chi connectivity index (χ3v) is 7.87. The highest BCUT2D eigenvalue weighted by Gasteiger charge is 2.43. The first-order chi connectivity index (χ1) is 16.7. The molecule has 4 rings (SSSR count). The quantitative estimate of drug-likeness (QED) is 0.559. The Balaban J connectivity index is 1.38. The maximum Gasteiger partial charge on any atom is 0.259 e. The van der Waals surface area contributed by atoms with Crippen molar-refractivity contribution in [3.63, 3.8) is 0 Å². The molecule has 11 heteroatoms. The van der Waals surface area contributed by atoms with Crippen molar-refractivity contribution in [3.05, 3.63) is 59.7 Å². The number of nitrogens with two attached hydrogens (primary N) is 1. The van der Waals surface area contributed by atoms with Crippen LogP contribution in [0.1, 0.15) is 31.4 Å². The van der Waals surface area contributed by atoms with E-state index in [9.17, 15) is 18.0 Å². The monoisotopic (exact) mass is 513 g/mol. The molecular formula is C24H27N5O4S2. The molecule has 0 saturated carbocycles. The van der Waals surface area contributed by atoms with Crippen molar-refractivity contribution in [3.8, 4) is 0 Å². The number of hydrogen-bond acceptors (Lipinski definition) is 7. The fourth-order valence-electron chi connectivity index (χ4n) is 3.83. The second-order valence-corrected chi connectivity index (χ2v) is 10.9. The molecule has 2 heterocycles. The summed E-state index contributed by atoms with van der Waals surface area (Å²) in [7, 11) is -3.73. The molecule has 0 aliphatic carbocycles. The normalized spacial score (nSPS) is 17.9. The van der Waals surface area contributed by atoms with Crippen LogP contribution in [0.15, 0.2) is 63.4 Å². The van der Waals surface area contributed by atoms with Gasteiger partial charge in [0.15, 0.2) is 5.17 Å². The predicted octanol–water partition coefficient (Wildman–Crippen LogP) is 2.43. The van der Waals surface area contributed by atoms with Gasteiger partial charge < -0.3 is 5.32 Å². The van der Waals surface area contributed by atoms with Crippen LogP contribution in [0.25, 0.3) is 0 Å². The average molecular weight is 514 g/mol. The van der Waals surface area contributed by atoms with Crippen molar-refractivity contribution in [2.24, 2.45) is 21.0 Å². The zero-order valence-corrected chi connectivity index (χ0v) is 21.1. The Bertz CT molecular complexity index is 1310. The van der Waals surface area contributed by atoms with E-state index in [1.807, 2.05) is 38.1 Å². The van der Waals surface area contributed by atoms with Crippen LogP contribution in [0.5, 0.6) is 0 Å². The van der Waals surface area contributed by atoms with Gasteiger partial charge in [0.2, 0.25) is 15.9 Å². The van der Waals surface area contributed by atoms with Crippen LogP contribution < -0.4 is 10.5 Å². The van der Waals surface area contributed by atoms with Gasteiger partial charge in [0.25, 0.3) is 5.91 Å². The molecule has 0 bridgehead atoms. The molecule has 2 amide bonds. The van der Waals surface area contributed by atoms with Crippen molar-refractivity contribution < 1.29 is 18.0 Å². The minimum absolute atomic E-state index is 0.0476. The summed E-state index contributed by atoms with van der Waals surface area (Å²) in [4.78, 5) is 36.7. The fraction of sp³-hybridized carbons (Fsp3) is 0.333. The number of primary sulfonamides is 1. The van der Waals surface area contributed by atoms with E-state index < -0.39 is 16.1 Å². The van der Waals surface area contributed by atoms with E-state index in [0.29, 0.717) is 24.0 Å². The molecule has 3 N–H and O–H groups in total. The molecular weight excluding hydrogens is 486 g/mol. The number of carbonyl (C=O) groups excluding carboxylic acids is 2. The molecule has 184 valence electrons. The highest BCUT2D eigenvalue weighted by Crippen LogP contribution is 2.35. The number of benzene rings is 2. The van der Waals surface area contributed by atoms with E-state index in [1.165, 1.54) is 23.9 Å². The molecule has 2 aliphatic rings. The SMILES string of the molecule is CC[C@H](C)[C@H]1N=C2c3ccccc3N=C(SCC(=O)NCCc3ccc(S(N)(=O)=O)cc3)N2C1=O. The molecule has 0 fully saturated rings. The molecule has 35 heavy (non-hydrogen) atoms. The van der Waals surface area contributed by atoms with Gasteiger partial charge in [0, 0.05) is 12.1 Å². The van der Waals surface area contributed by atoms with Crippen LogP contribution in [0.2, 0.25) is 0 Å². The van der Waals surface area contributed by atoms with Gasteiger partial charge in [-0.15, -0.1) is 0 Å². The first-order valence-corrected chi connectivity index (χ1v) is 13.8. The zero-order valence-electron chi connectivity index (χ0n) is 19.5. The summed E-state index contributed by atoms with van der Waals surface area (Å²) in [5.41, 5.74) is 2.41. The van der Waals surface area contributed by atoms with Crippen molar-refractivity contribution >= 4 is 50.3 Å². The van der Waals surface area contributed by atoms with Crippen LogP contribution in [-0.4, -0.2) is 54.5 Å². The molecule has 0 spiro atoms. The van der Waals surface area contributed by atoms with Crippen LogP contribution in [0.4, 0.5) is 5.69 Å². The number of amides is 2. The minimum Gasteiger partial charge on any atom is -0.355 e. The molecule has 2 aromatic carbocycles. The molecule has 0 aromatic heterocycles. The maximum atomic E-state index is 13.2. The lowest BCUT2D eigenvalue weighted by molar-refractivity contribution is -0.125. The lowest BCUT2D eigenvalue weighted by Crippen LogP contribution is -2.42. The number of sulfonamides is 1. The summed E-state index contributed by atoms with van der Waals surface area (Å²) in [5, 5.41) is 8.41. The number of aliphatic imine (C=N–C) groups is 2. The number of nitrogens with zero attached hydrogens (tertiary/aromatic N) is 3. The van der Waals surface area contributed by atoms with Gasteiger partial charge in [0.05, 0.1) is 16.3 Å². The molecule has 0 radical (unpaired) electrons. The number of thioether (sulfide) groups is 1. The van der Waals surface area contributed by atoms with E-state index in [4.69, 9.17) is 10.1 Å². The fourth-order valence-corrected chi connectivity index (χ4v) is 5.18. The molecule has 0 saturated heterocycles. The number of hydrogen-bond donors (Lipinski definition) is 2. The summed E-state index contributed by atoms with van der Waals surface area (Å²) in [5.74, 6) is 0.481. The molecule has 9 nitrogen and oxygen atoms in total. The number of amidine groups is 2. The van der Waals surface area contributed by atoms with E-state index in [0.717, 1.165) is 23.2 Å². The first-order valence-electron chi connectivity index (χ1n) is 11.3. The van der Waals surface area contributed by atoms with Crippen LogP contribution in [0, 0.1) is 5.92 Å². The first kappa shape index (κ1) is 25.1. The van der Waals surface area contributed by atoms with Crippen LogP contribution in [0.3, 0.4) is 0 Å². The summed E-state index contributed by atoms with van der Waals surface area (Å²) < 4.78 is 22.7.